The summed E-state index contributed by atoms with van der Waals surface area (Å²) in [6.07, 6.45) is -0.0921. The van der Waals surface area contributed by atoms with Gasteiger partial charge in [0.05, 0.1) is 0 Å². The van der Waals surface area contributed by atoms with Crippen LogP contribution in [0.5, 0.6) is 0 Å². The van der Waals surface area contributed by atoms with Crippen molar-refractivity contribution >= 4 is 5.69 Å². The maximum absolute atomic E-state index is 5.63. The Morgan fingerprint density at radius 3 is 2.29 bits per heavy atom. The minimum absolute atomic E-state index is 0.0921. The summed E-state index contributed by atoms with van der Waals surface area (Å²) in [5.74, 6) is 0. The zero-order valence-corrected chi connectivity index (χ0v) is 13.5. The third kappa shape index (κ3) is 4.99. The highest BCUT2D eigenvalue weighted by Crippen LogP contribution is 2.18. The number of rotatable bonds is 7. The number of anilines is 1. The fraction of sp³-hybridized carbons (Fsp3) is 0.647. The molecular weight excluding hydrogens is 264 g/mol. The summed E-state index contributed by atoms with van der Waals surface area (Å²) in [4.78, 5) is 4.89. The highest BCUT2D eigenvalue weighted by molar-refractivity contribution is 5.48. The summed E-state index contributed by atoms with van der Waals surface area (Å²) < 4.78 is 11.3. The van der Waals surface area contributed by atoms with E-state index in [-0.39, 0.29) is 6.29 Å². The third-order valence-electron chi connectivity index (χ3n) is 3.85. The van der Waals surface area contributed by atoms with E-state index in [1.807, 2.05) is 13.8 Å². The lowest BCUT2D eigenvalue weighted by molar-refractivity contribution is -0.147. The Balaban J connectivity index is 1.82. The van der Waals surface area contributed by atoms with Crippen molar-refractivity contribution in [2.75, 3.05) is 50.8 Å². The smallest absolute Gasteiger partial charge is 0.170 e. The van der Waals surface area contributed by atoms with Crippen molar-refractivity contribution in [3.05, 3.63) is 29.8 Å². The maximum Gasteiger partial charge on any atom is 0.170 e. The number of piperazine rings is 1. The second-order valence-electron chi connectivity index (χ2n) is 5.47. The first-order chi connectivity index (χ1) is 10.2. The second kappa shape index (κ2) is 8.37. The van der Waals surface area contributed by atoms with Gasteiger partial charge in [0.2, 0.25) is 0 Å². The highest BCUT2D eigenvalue weighted by atomic mass is 16.7. The van der Waals surface area contributed by atoms with Crippen LogP contribution >= 0.6 is 0 Å². The Bertz CT molecular complexity index is 411. The molecule has 1 aromatic carbocycles. The predicted octanol–water partition coefficient (Wildman–Crippen LogP) is 2.52. The first-order valence-electron chi connectivity index (χ1n) is 8.00. The largest absolute Gasteiger partial charge is 0.369 e. The van der Waals surface area contributed by atoms with Gasteiger partial charge in [-0.05, 0) is 38.5 Å². The number of aryl methyl sites for hydroxylation is 1. The summed E-state index contributed by atoms with van der Waals surface area (Å²) in [7, 11) is 0. The van der Waals surface area contributed by atoms with Crippen molar-refractivity contribution in [3.8, 4) is 0 Å². The molecule has 1 saturated heterocycles. The van der Waals surface area contributed by atoms with Crippen LogP contribution in [0.25, 0.3) is 0 Å². The summed E-state index contributed by atoms with van der Waals surface area (Å²) in [6, 6.07) is 8.75. The molecule has 1 fully saturated rings. The van der Waals surface area contributed by atoms with E-state index in [0.29, 0.717) is 13.2 Å². The molecule has 0 aromatic heterocycles. The summed E-state index contributed by atoms with van der Waals surface area (Å²) in [6.45, 7) is 12.7. The highest BCUT2D eigenvalue weighted by Gasteiger charge is 2.20. The van der Waals surface area contributed by atoms with Crippen LogP contribution in [0, 0.1) is 6.92 Å². The maximum atomic E-state index is 5.63. The number of benzene rings is 1. The predicted molar refractivity (Wildman–Crippen MR) is 86.9 cm³/mol. The van der Waals surface area contributed by atoms with Gasteiger partial charge in [0.1, 0.15) is 0 Å². The Kier molecular flexibility index (Phi) is 6.49. The summed E-state index contributed by atoms with van der Waals surface area (Å²) >= 11 is 0. The van der Waals surface area contributed by atoms with Crippen LogP contribution in [-0.2, 0) is 9.47 Å². The van der Waals surface area contributed by atoms with Gasteiger partial charge in [0, 0.05) is 51.6 Å². The van der Waals surface area contributed by atoms with Gasteiger partial charge in [-0.1, -0.05) is 12.1 Å². The molecule has 0 unspecified atom stereocenters. The van der Waals surface area contributed by atoms with Crippen molar-refractivity contribution < 1.29 is 9.47 Å². The molecular formula is C17H28N2O2. The molecule has 21 heavy (non-hydrogen) atoms. The second-order valence-corrected chi connectivity index (χ2v) is 5.47. The molecule has 0 saturated carbocycles. The van der Waals surface area contributed by atoms with Crippen molar-refractivity contribution in [2.24, 2.45) is 0 Å². The number of nitrogens with zero attached hydrogens (tertiary/aromatic N) is 2. The quantitative estimate of drug-likeness (QED) is 0.721. The first kappa shape index (κ1) is 16.3. The Morgan fingerprint density at radius 1 is 1.05 bits per heavy atom. The molecule has 4 nitrogen and oxygen atoms in total. The van der Waals surface area contributed by atoms with Crippen LogP contribution in [0.3, 0.4) is 0 Å². The summed E-state index contributed by atoms with van der Waals surface area (Å²) in [5, 5.41) is 0. The Hall–Kier alpha value is -1.10. The molecule has 0 amide bonds. The topological polar surface area (TPSA) is 24.9 Å². The number of hydrogen-bond donors (Lipinski definition) is 0. The zero-order valence-electron chi connectivity index (χ0n) is 13.5. The molecule has 0 bridgehead atoms. The molecule has 4 heteroatoms. The number of ether oxygens (including phenoxy) is 2. The van der Waals surface area contributed by atoms with E-state index >= 15 is 0 Å². The molecule has 0 spiro atoms. The zero-order chi connectivity index (χ0) is 15.1. The van der Waals surface area contributed by atoms with Gasteiger partial charge in [-0.3, -0.25) is 4.90 Å². The summed E-state index contributed by atoms with van der Waals surface area (Å²) in [5.41, 5.74) is 2.66. The standard InChI is InChI=1S/C17H28N2O2/c1-4-20-17(21-5-2)14-18-9-11-19(12-10-18)16-8-6-7-15(3)13-16/h6-8,13,17H,4-5,9-12,14H2,1-3H3. The Morgan fingerprint density at radius 2 is 1.71 bits per heavy atom. The number of hydrogen-bond acceptors (Lipinski definition) is 4. The van der Waals surface area contributed by atoms with Crippen molar-refractivity contribution in [3.63, 3.8) is 0 Å². The van der Waals surface area contributed by atoms with Gasteiger partial charge in [0.25, 0.3) is 0 Å². The molecule has 0 aliphatic carbocycles. The van der Waals surface area contributed by atoms with E-state index in [1.54, 1.807) is 0 Å². The van der Waals surface area contributed by atoms with Crippen LogP contribution in [0.2, 0.25) is 0 Å². The van der Waals surface area contributed by atoms with Crippen LogP contribution in [0.1, 0.15) is 19.4 Å². The van der Waals surface area contributed by atoms with Gasteiger partial charge >= 0.3 is 0 Å². The van der Waals surface area contributed by atoms with Crippen molar-refractivity contribution in [1.29, 1.82) is 0 Å². The van der Waals surface area contributed by atoms with E-state index in [2.05, 4.69) is 41.0 Å². The van der Waals surface area contributed by atoms with Crippen LogP contribution < -0.4 is 4.90 Å². The van der Waals surface area contributed by atoms with Gasteiger partial charge < -0.3 is 14.4 Å². The Labute approximate surface area is 128 Å². The molecule has 1 aromatic rings. The minimum atomic E-state index is -0.0921. The van der Waals surface area contributed by atoms with E-state index in [0.717, 1.165) is 32.7 Å². The molecule has 0 radical (unpaired) electrons. The van der Waals surface area contributed by atoms with Crippen LogP contribution in [0.15, 0.2) is 24.3 Å². The van der Waals surface area contributed by atoms with Crippen molar-refractivity contribution in [2.45, 2.75) is 27.1 Å². The van der Waals surface area contributed by atoms with Gasteiger partial charge in [-0.2, -0.15) is 0 Å². The first-order valence-corrected chi connectivity index (χ1v) is 8.00. The average Bonchev–Trinajstić information content (AvgIpc) is 2.48. The van der Waals surface area contributed by atoms with Gasteiger partial charge in [0.15, 0.2) is 6.29 Å². The van der Waals surface area contributed by atoms with Gasteiger partial charge in [-0.25, -0.2) is 0 Å². The lowest BCUT2D eigenvalue weighted by Gasteiger charge is -2.37. The average molecular weight is 292 g/mol. The SMILES string of the molecule is CCOC(CN1CCN(c2cccc(C)c2)CC1)OCC. The molecule has 0 atom stereocenters. The minimum Gasteiger partial charge on any atom is -0.369 e. The van der Waals surface area contributed by atoms with E-state index in [1.165, 1.54) is 11.3 Å². The molecule has 1 heterocycles. The molecule has 1 aliphatic rings. The van der Waals surface area contributed by atoms with Gasteiger partial charge in [-0.15, -0.1) is 0 Å². The molecule has 0 N–H and O–H groups in total. The normalized spacial score (nSPS) is 16.7. The third-order valence-corrected chi connectivity index (χ3v) is 3.85. The van der Waals surface area contributed by atoms with E-state index in [9.17, 15) is 0 Å². The monoisotopic (exact) mass is 292 g/mol. The molecule has 1 aliphatic heterocycles. The lowest BCUT2D eigenvalue weighted by Crippen LogP contribution is -2.49. The fourth-order valence-electron chi connectivity index (χ4n) is 2.75. The van der Waals surface area contributed by atoms with Crippen molar-refractivity contribution in [1.82, 2.24) is 4.90 Å². The fourth-order valence-corrected chi connectivity index (χ4v) is 2.75. The molecule has 2 rings (SSSR count). The van der Waals surface area contributed by atoms with Crippen LogP contribution in [0.4, 0.5) is 5.69 Å². The lowest BCUT2D eigenvalue weighted by atomic mass is 10.2. The molecule has 118 valence electrons. The van der Waals surface area contributed by atoms with Crippen LogP contribution in [-0.4, -0.2) is 57.1 Å². The van der Waals surface area contributed by atoms with E-state index < -0.39 is 0 Å². The van der Waals surface area contributed by atoms with E-state index in [4.69, 9.17) is 9.47 Å².